The lowest BCUT2D eigenvalue weighted by molar-refractivity contribution is 0.557. The van der Waals surface area contributed by atoms with Crippen LogP contribution in [0.3, 0.4) is 0 Å². The maximum absolute atomic E-state index is 13.9. The summed E-state index contributed by atoms with van der Waals surface area (Å²) in [6, 6.07) is 2.82. The van der Waals surface area contributed by atoms with Gasteiger partial charge < -0.3 is 0 Å². The molecule has 0 aliphatic rings. The van der Waals surface area contributed by atoms with Gasteiger partial charge in [0.15, 0.2) is 0 Å². The predicted octanol–water partition coefficient (Wildman–Crippen LogP) is 6.21. The Bertz CT molecular complexity index is 385. The zero-order chi connectivity index (χ0) is 14.8. The topological polar surface area (TPSA) is 0 Å². The number of rotatable bonds is 10. The van der Waals surface area contributed by atoms with Crippen molar-refractivity contribution in [1.29, 1.82) is 0 Å². The molecular weight excluding hydrogens is 254 g/mol. The van der Waals surface area contributed by atoms with Crippen molar-refractivity contribution >= 4 is 0 Å². The third-order valence-electron chi connectivity index (χ3n) is 3.81. The molecule has 2 heteroatoms. The van der Waals surface area contributed by atoms with Gasteiger partial charge in [0.2, 0.25) is 0 Å². The molecule has 0 aliphatic heterocycles. The fourth-order valence-corrected chi connectivity index (χ4v) is 2.50. The minimum absolute atomic E-state index is 0.228. The van der Waals surface area contributed by atoms with Crippen LogP contribution < -0.4 is 0 Å². The minimum atomic E-state index is -0.230. The second kappa shape index (κ2) is 9.90. The van der Waals surface area contributed by atoms with E-state index in [9.17, 15) is 8.78 Å². The molecule has 1 aromatic rings. The molecule has 0 saturated heterocycles. The van der Waals surface area contributed by atoms with E-state index in [0.717, 1.165) is 32.1 Å². The molecule has 0 heterocycles. The SMILES string of the molecule is CCCCCCCc1cc(F)c(CCCCC)cc1F. The van der Waals surface area contributed by atoms with Gasteiger partial charge in [-0.15, -0.1) is 0 Å². The Kier molecular flexibility index (Phi) is 8.48. The van der Waals surface area contributed by atoms with Crippen molar-refractivity contribution < 1.29 is 8.78 Å². The van der Waals surface area contributed by atoms with E-state index < -0.39 is 0 Å². The van der Waals surface area contributed by atoms with Gasteiger partial charge in [-0.1, -0.05) is 52.4 Å². The van der Waals surface area contributed by atoms with Crippen molar-refractivity contribution in [3.63, 3.8) is 0 Å². The molecule has 0 spiro atoms. The van der Waals surface area contributed by atoms with Gasteiger partial charge in [0, 0.05) is 0 Å². The fraction of sp³-hybridized carbons (Fsp3) is 0.667. The molecule has 20 heavy (non-hydrogen) atoms. The van der Waals surface area contributed by atoms with Crippen LogP contribution in [0, 0.1) is 11.6 Å². The molecule has 0 fully saturated rings. The number of halogens is 2. The van der Waals surface area contributed by atoms with E-state index in [1.165, 1.54) is 31.4 Å². The Hall–Kier alpha value is -0.920. The summed E-state index contributed by atoms with van der Waals surface area (Å²) >= 11 is 0. The van der Waals surface area contributed by atoms with Crippen molar-refractivity contribution in [3.05, 3.63) is 34.9 Å². The Morgan fingerprint density at radius 3 is 1.55 bits per heavy atom. The van der Waals surface area contributed by atoms with E-state index in [1.807, 2.05) is 0 Å². The average molecular weight is 282 g/mol. The number of hydrogen-bond donors (Lipinski definition) is 0. The van der Waals surface area contributed by atoms with E-state index in [0.29, 0.717) is 24.0 Å². The largest absolute Gasteiger partial charge is 0.207 e. The summed E-state index contributed by atoms with van der Waals surface area (Å²) in [7, 11) is 0. The summed E-state index contributed by atoms with van der Waals surface area (Å²) in [5.41, 5.74) is 1.07. The van der Waals surface area contributed by atoms with Crippen LogP contribution >= 0.6 is 0 Å². The molecule has 0 N–H and O–H groups in total. The monoisotopic (exact) mass is 282 g/mol. The molecule has 0 radical (unpaired) electrons. The highest BCUT2D eigenvalue weighted by atomic mass is 19.1. The molecular formula is C18H28F2. The maximum atomic E-state index is 13.9. The summed E-state index contributed by atoms with van der Waals surface area (Å²) in [5, 5.41) is 0. The van der Waals surface area contributed by atoms with Crippen LogP contribution in [-0.2, 0) is 12.8 Å². The minimum Gasteiger partial charge on any atom is -0.207 e. The molecule has 114 valence electrons. The third kappa shape index (κ3) is 6.02. The Balaban J connectivity index is 2.50. The molecule has 0 nitrogen and oxygen atoms in total. The average Bonchev–Trinajstić information content (AvgIpc) is 2.43. The summed E-state index contributed by atoms with van der Waals surface area (Å²) < 4.78 is 27.9. The first-order valence-electron chi connectivity index (χ1n) is 8.15. The molecule has 0 bridgehead atoms. The van der Waals surface area contributed by atoms with Gasteiger partial charge in [-0.05, 0) is 48.9 Å². The van der Waals surface area contributed by atoms with Crippen LogP contribution in [0.1, 0.15) is 76.3 Å². The van der Waals surface area contributed by atoms with Gasteiger partial charge in [-0.2, -0.15) is 0 Å². The van der Waals surface area contributed by atoms with Crippen LogP contribution in [0.4, 0.5) is 8.78 Å². The highest BCUT2D eigenvalue weighted by Crippen LogP contribution is 2.19. The molecule has 0 amide bonds. The molecule has 1 rings (SSSR count). The predicted molar refractivity (Wildman–Crippen MR) is 82.1 cm³/mol. The van der Waals surface area contributed by atoms with Gasteiger partial charge >= 0.3 is 0 Å². The van der Waals surface area contributed by atoms with Crippen LogP contribution in [-0.4, -0.2) is 0 Å². The van der Waals surface area contributed by atoms with Crippen molar-refractivity contribution in [2.45, 2.75) is 78.1 Å². The van der Waals surface area contributed by atoms with E-state index in [2.05, 4.69) is 13.8 Å². The van der Waals surface area contributed by atoms with E-state index >= 15 is 0 Å². The second-order valence-corrected chi connectivity index (χ2v) is 5.66. The standard InChI is InChI=1S/C18H28F2/c1-3-5-7-8-10-12-16-14-17(19)15(13-18(16)20)11-9-6-4-2/h13-14H,3-12H2,1-2H3. The Labute approximate surface area is 122 Å². The number of benzene rings is 1. The Morgan fingerprint density at radius 1 is 0.650 bits per heavy atom. The van der Waals surface area contributed by atoms with Crippen molar-refractivity contribution in [2.24, 2.45) is 0 Å². The van der Waals surface area contributed by atoms with E-state index in [1.54, 1.807) is 0 Å². The normalized spacial score (nSPS) is 11.0. The lowest BCUT2D eigenvalue weighted by atomic mass is 10.0. The van der Waals surface area contributed by atoms with Crippen molar-refractivity contribution in [2.75, 3.05) is 0 Å². The summed E-state index contributed by atoms with van der Waals surface area (Å²) in [6.45, 7) is 4.28. The first kappa shape index (κ1) is 17.1. The van der Waals surface area contributed by atoms with Gasteiger partial charge in [0.05, 0.1) is 0 Å². The zero-order valence-electron chi connectivity index (χ0n) is 13.0. The van der Waals surface area contributed by atoms with Gasteiger partial charge in [0.1, 0.15) is 11.6 Å². The molecule has 1 aromatic carbocycles. The third-order valence-corrected chi connectivity index (χ3v) is 3.81. The molecule has 0 unspecified atom stereocenters. The maximum Gasteiger partial charge on any atom is 0.126 e. The van der Waals surface area contributed by atoms with Gasteiger partial charge in [0.25, 0.3) is 0 Å². The van der Waals surface area contributed by atoms with Gasteiger partial charge in [-0.25, -0.2) is 8.78 Å². The molecule has 0 saturated carbocycles. The quantitative estimate of drug-likeness (QED) is 0.447. The van der Waals surface area contributed by atoms with Crippen LogP contribution in [0.2, 0.25) is 0 Å². The van der Waals surface area contributed by atoms with Gasteiger partial charge in [-0.3, -0.25) is 0 Å². The first-order valence-corrected chi connectivity index (χ1v) is 8.15. The molecule has 0 atom stereocenters. The summed E-state index contributed by atoms with van der Waals surface area (Å²) in [6.07, 6.45) is 10.1. The second-order valence-electron chi connectivity index (χ2n) is 5.66. The number of unbranched alkanes of at least 4 members (excludes halogenated alkanes) is 6. The summed E-state index contributed by atoms with van der Waals surface area (Å²) in [5.74, 6) is -0.459. The molecule has 0 aromatic heterocycles. The van der Waals surface area contributed by atoms with Crippen molar-refractivity contribution in [1.82, 2.24) is 0 Å². The van der Waals surface area contributed by atoms with E-state index in [4.69, 9.17) is 0 Å². The fourth-order valence-electron chi connectivity index (χ4n) is 2.50. The van der Waals surface area contributed by atoms with E-state index in [-0.39, 0.29) is 11.6 Å². The van der Waals surface area contributed by atoms with Crippen LogP contribution in [0.15, 0.2) is 12.1 Å². The van der Waals surface area contributed by atoms with Crippen molar-refractivity contribution in [3.8, 4) is 0 Å². The number of hydrogen-bond acceptors (Lipinski definition) is 0. The zero-order valence-corrected chi connectivity index (χ0v) is 13.0. The Morgan fingerprint density at radius 2 is 1.05 bits per heavy atom. The lowest BCUT2D eigenvalue weighted by Gasteiger charge is -2.08. The van der Waals surface area contributed by atoms with Crippen LogP contribution in [0.25, 0.3) is 0 Å². The lowest BCUT2D eigenvalue weighted by Crippen LogP contribution is -1.98. The first-order chi connectivity index (χ1) is 9.69. The molecule has 0 aliphatic carbocycles. The number of aryl methyl sites for hydroxylation is 2. The highest BCUT2D eigenvalue weighted by molar-refractivity contribution is 5.26. The smallest absolute Gasteiger partial charge is 0.126 e. The van der Waals surface area contributed by atoms with Crippen LogP contribution in [0.5, 0.6) is 0 Å². The highest BCUT2D eigenvalue weighted by Gasteiger charge is 2.09. The summed E-state index contributed by atoms with van der Waals surface area (Å²) in [4.78, 5) is 0.